The van der Waals surface area contributed by atoms with Gasteiger partial charge in [-0.1, -0.05) is 0 Å². The molecular weight excluding hydrogens is 332 g/mol. The molecule has 1 aliphatic heterocycles. The van der Waals surface area contributed by atoms with E-state index in [2.05, 4.69) is 29.8 Å². The van der Waals surface area contributed by atoms with Crippen molar-refractivity contribution in [2.45, 2.75) is 18.4 Å². The highest BCUT2D eigenvalue weighted by atomic mass is 16.2. The van der Waals surface area contributed by atoms with Gasteiger partial charge in [0, 0.05) is 38.2 Å². The summed E-state index contributed by atoms with van der Waals surface area (Å²) in [7, 11) is 0. The minimum Gasteiger partial charge on any atom is -0.368 e. The van der Waals surface area contributed by atoms with Crippen LogP contribution in [0, 0.1) is 0 Å². The number of nitrogens with zero attached hydrogens (tertiary/aromatic N) is 6. The van der Waals surface area contributed by atoms with Gasteiger partial charge >= 0.3 is 0 Å². The smallest absolute Gasteiger partial charge is 0.274 e. The van der Waals surface area contributed by atoms with Crippen LogP contribution in [0.25, 0.3) is 11.0 Å². The third kappa shape index (κ3) is 2.27. The first kappa shape index (κ1) is 15.1. The van der Waals surface area contributed by atoms with Crippen LogP contribution in [0.5, 0.6) is 0 Å². The van der Waals surface area contributed by atoms with Crippen molar-refractivity contribution < 1.29 is 4.79 Å². The van der Waals surface area contributed by atoms with E-state index in [0.717, 1.165) is 36.2 Å². The number of H-pyrrole nitrogens is 1. The monoisotopic (exact) mass is 350 g/mol. The van der Waals surface area contributed by atoms with Crippen LogP contribution in [0.3, 0.4) is 0 Å². The van der Waals surface area contributed by atoms with Crippen LogP contribution in [-0.2, 0) is 0 Å². The maximum absolute atomic E-state index is 12.9. The summed E-state index contributed by atoms with van der Waals surface area (Å²) in [4.78, 5) is 37.0. The number of aromatic amines is 1. The number of fused-ring (bicyclic) bond motifs is 1. The number of carbonyl (C=O) groups excluding carboxylic acids is 1. The maximum atomic E-state index is 12.9. The Labute approximate surface area is 149 Å². The number of amides is 1. The van der Waals surface area contributed by atoms with Gasteiger partial charge in [-0.25, -0.2) is 4.98 Å². The number of piperazine rings is 1. The summed E-state index contributed by atoms with van der Waals surface area (Å²) in [5, 5.41) is 0.948. The quantitative estimate of drug-likeness (QED) is 0.703. The standard InChI is InChI=1S/C17H18N8O/c18-16-22-13-11(1-4-21-13)14(23-16)24-7-8-25(17(10-24)2-3-17)15(26)12-9-19-5-6-20-12/h1,4-6,9H,2-3,7-8,10H2,(H3,18,21,22,23). The fraction of sp³-hybridized carbons (Fsp3) is 0.353. The zero-order valence-electron chi connectivity index (χ0n) is 14.1. The van der Waals surface area contributed by atoms with Crippen molar-refractivity contribution >= 4 is 28.7 Å². The summed E-state index contributed by atoms with van der Waals surface area (Å²) >= 11 is 0. The molecule has 0 atom stereocenters. The van der Waals surface area contributed by atoms with E-state index < -0.39 is 0 Å². The van der Waals surface area contributed by atoms with Gasteiger partial charge in [-0.2, -0.15) is 9.97 Å². The molecule has 9 nitrogen and oxygen atoms in total. The topological polar surface area (TPSA) is 117 Å². The lowest BCUT2D eigenvalue weighted by Gasteiger charge is -2.42. The number of nitrogen functional groups attached to an aromatic ring is 1. The van der Waals surface area contributed by atoms with Gasteiger partial charge < -0.3 is 20.5 Å². The molecule has 3 aromatic heterocycles. The predicted molar refractivity (Wildman–Crippen MR) is 95.5 cm³/mol. The van der Waals surface area contributed by atoms with Crippen molar-refractivity contribution in [3.05, 3.63) is 36.5 Å². The molecule has 2 fully saturated rings. The average Bonchev–Trinajstić information content (AvgIpc) is 3.25. The summed E-state index contributed by atoms with van der Waals surface area (Å²) < 4.78 is 0. The molecule has 0 radical (unpaired) electrons. The van der Waals surface area contributed by atoms with Crippen LogP contribution in [-0.4, -0.2) is 60.9 Å². The summed E-state index contributed by atoms with van der Waals surface area (Å²) in [5.41, 5.74) is 6.85. The molecule has 2 aliphatic rings. The SMILES string of the molecule is Nc1nc(N2CCN(C(=O)c3cnccn3)C3(CC3)C2)c2cc[nH]c2n1. The van der Waals surface area contributed by atoms with Gasteiger partial charge in [0.05, 0.1) is 17.1 Å². The van der Waals surface area contributed by atoms with E-state index in [0.29, 0.717) is 18.8 Å². The zero-order valence-corrected chi connectivity index (χ0v) is 14.1. The van der Waals surface area contributed by atoms with Crippen LogP contribution >= 0.6 is 0 Å². The van der Waals surface area contributed by atoms with Crippen molar-refractivity contribution in [3.8, 4) is 0 Å². The van der Waals surface area contributed by atoms with Gasteiger partial charge in [-0.3, -0.25) is 9.78 Å². The van der Waals surface area contributed by atoms with E-state index in [9.17, 15) is 4.79 Å². The van der Waals surface area contributed by atoms with Gasteiger partial charge in [0.1, 0.15) is 17.2 Å². The van der Waals surface area contributed by atoms with Gasteiger partial charge in [-0.15, -0.1) is 0 Å². The second-order valence-electron chi connectivity index (χ2n) is 6.84. The molecule has 132 valence electrons. The van der Waals surface area contributed by atoms with Crippen LogP contribution in [0.2, 0.25) is 0 Å². The van der Waals surface area contributed by atoms with Gasteiger partial charge in [-0.05, 0) is 18.9 Å². The first-order valence-electron chi connectivity index (χ1n) is 8.60. The molecule has 4 heterocycles. The number of rotatable bonds is 2. The van der Waals surface area contributed by atoms with Crippen LogP contribution < -0.4 is 10.6 Å². The Morgan fingerprint density at radius 1 is 1.23 bits per heavy atom. The molecule has 1 saturated heterocycles. The Bertz CT molecular complexity index is 981. The molecule has 3 N–H and O–H groups in total. The Hall–Kier alpha value is -3.23. The number of anilines is 2. The molecule has 9 heteroatoms. The van der Waals surface area contributed by atoms with Crippen molar-refractivity contribution in [1.82, 2.24) is 29.8 Å². The first-order valence-corrected chi connectivity index (χ1v) is 8.60. The van der Waals surface area contributed by atoms with E-state index in [1.807, 2.05) is 17.2 Å². The molecule has 0 bridgehead atoms. The molecule has 0 unspecified atom stereocenters. The van der Waals surface area contributed by atoms with Gasteiger partial charge in [0.15, 0.2) is 0 Å². The van der Waals surface area contributed by atoms with Crippen LogP contribution in [0.15, 0.2) is 30.9 Å². The summed E-state index contributed by atoms with van der Waals surface area (Å²) in [6.45, 7) is 2.03. The van der Waals surface area contributed by atoms with Gasteiger partial charge in [0.2, 0.25) is 5.95 Å². The van der Waals surface area contributed by atoms with Crippen molar-refractivity contribution in [2.75, 3.05) is 30.3 Å². The molecule has 1 aliphatic carbocycles. The number of nitrogens with two attached hydrogens (primary N) is 1. The van der Waals surface area contributed by atoms with Crippen LogP contribution in [0.1, 0.15) is 23.3 Å². The minimum absolute atomic E-state index is 0.0516. The Morgan fingerprint density at radius 3 is 2.88 bits per heavy atom. The Balaban J connectivity index is 1.45. The highest BCUT2D eigenvalue weighted by molar-refractivity contribution is 5.93. The fourth-order valence-electron chi connectivity index (χ4n) is 3.78. The number of nitrogens with one attached hydrogen (secondary N) is 1. The lowest BCUT2D eigenvalue weighted by molar-refractivity contribution is 0.0617. The normalized spacial score (nSPS) is 18.5. The highest BCUT2D eigenvalue weighted by Gasteiger charge is 2.53. The highest BCUT2D eigenvalue weighted by Crippen LogP contribution is 2.46. The number of hydrogen-bond acceptors (Lipinski definition) is 7. The van der Waals surface area contributed by atoms with Crippen molar-refractivity contribution in [3.63, 3.8) is 0 Å². The molecule has 1 spiro atoms. The minimum atomic E-state index is -0.158. The summed E-state index contributed by atoms with van der Waals surface area (Å²) in [5.74, 6) is 1.02. The van der Waals surface area contributed by atoms with Crippen LogP contribution in [0.4, 0.5) is 11.8 Å². The van der Waals surface area contributed by atoms with Crippen molar-refractivity contribution in [1.29, 1.82) is 0 Å². The molecule has 3 aromatic rings. The van der Waals surface area contributed by atoms with Crippen molar-refractivity contribution in [2.24, 2.45) is 0 Å². The molecule has 1 amide bonds. The lowest BCUT2D eigenvalue weighted by Crippen LogP contribution is -2.57. The number of aromatic nitrogens is 5. The van der Waals surface area contributed by atoms with E-state index in [-0.39, 0.29) is 17.4 Å². The lowest BCUT2D eigenvalue weighted by atomic mass is 10.1. The van der Waals surface area contributed by atoms with Gasteiger partial charge in [0.25, 0.3) is 5.91 Å². The third-order valence-electron chi connectivity index (χ3n) is 5.22. The molecule has 26 heavy (non-hydrogen) atoms. The molecular formula is C17H18N8O. The predicted octanol–water partition coefficient (Wildman–Crippen LogP) is 0.825. The third-order valence-corrected chi connectivity index (χ3v) is 5.22. The second kappa shape index (κ2) is 5.38. The van der Waals surface area contributed by atoms with E-state index in [1.54, 1.807) is 12.4 Å². The molecule has 0 aromatic carbocycles. The summed E-state index contributed by atoms with van der Waals surface area (Å²) in [6.07, 6.45) is 8.44. The summed E-state index contributed by atoms with van der Waals surface area (Å²) in [6, 6.07) is 1.96. The largest absolute Gasteiger partial charge is 0.368 e. The second-order valence-corrected chi connectivity index (χ2v) is 6.84. The maximum Gasteiger partial charge on any atom is 0.274 e. The van der Waals surface area contributed by atoms with E-state index in [1.165, 1.54) is 6.20 Å². The fourth-order valence-corrected chi connectivity index (χ4v) is 3.78. The molecule has 1 saturated carbocycles. The molecule has 5 rings (SSSR count). The van der Waals surface area contributed by atoms with E-state index in [4.69, 9.17) is 5.73 Å². The Kier molecular flexibility index (Phi) is 3.12. The Morgan fingerprint density at radius 2 is 2.12 bits per heavy atom. The zero-order chi connectivity index (χ0) is 17.7. The average molecular weight is 350 g/mol. The number of carbonyl (C=O) groups is 1. The van der Waals surface area contributed by atoms with E-state index >= 15 is 0 Å². The number of hydrogen-bond donors (Lipinski definition) is 2. The first-order chi connectivity index (χ1) is 12.7.